The van der Waals surface area contributed by atoms with Crippen LogP contribution in [0.3, 0.4) is 0 Å². The molecule has 8 nitrogen and oxygen atoms in total. The molecule has 1 amide bonds. The smallest absolute Gasteiger partial charge is 0.274 e. The SMILES string of the molecule is Cc1ccc(NC(=O)Cc2cnc3ccccn23)nc1-c1cn(C)c(=O)c2[nH]ccc12. The fourth-order valence-corrected chi connectivity index (χ4v) is 3.80. The van der Waals surface area contributed by atoms with E-state index in [2.05, 4.69) is 15.3 Å². The molecule has 0 saturated carbocycles. The van der Waals surface area contributed by atoms with Gasteiger partial charge >= 0.3 is 0 Å². The van der Waals surface area contributed by atoms with Gasteiger partial charge in [-0.05, 0) is 36.8 Å². The van der Waals surface area contributed by atoms with Crippen LogP contribution in [0.5, 0.6) is 0 Å². The van der Waals surface area contributed by atoms with Gasteiger partial charge < -0.3 is 19.3 Å². The molecule has 0 unspecified atom stereocenters. The van der Waals surface area contributed by atoms with Crippen LogP contribution in [0.4, 0.5) is 5.82 Å². The summed E-state index contributed by atoms with van der Waals surface area (Å²) in [5.41, 5.74) is 4.52. The number of hydrogen-bond acceptors (Lipinski definition) is 4. The van der Waals surface area contributed by atoms with Crippen LogP contribution in [-0.2, 0) is 18.3 Å². The molecule has 0 aliphatic heterocycles. The van der Waals surface area contributed by atoms with Crippen molar-refractivity contribution in [2.24, 2.45) is 7.05 Å². The Labute approximate surface area is 177 Å². The first-order chi connectivity index (χ1) is 15.0. The third kappa shape index (κ3) is 3.28. The van der Waals surface area contributed by atoms with Gasteiger partial charge in [-0.25, -0.2) is 9.97 Å². The molecule has 5 aromatic heterocycles. The van der Waals surface area contributed by atoms with Crippen LogP contribution >= 0.6 is 0 Å². The van der Waals surface area contributed by atoms with Crippen LogP contribution in [0.25, 0.3) is 27.8 Å². The number of imidazole rings is 1. The van der Waals surface area contributed by atoms with Crippen molar-refractivity contribution in [2.75, 3.05) is 5.32 Å². The number of amides is 1. The van der Waals surface area contributed by atoms with E-state index in [0.29, 0.717) is 17.0 Å². The minimum Gasteiger partial charge on any atom is -0.357 e. The number of pyridine rings is 3. The van der Waals surface area contributed by atoms with E-state index < -0.39 is 0 Å². The van der Waals surface area contributed by atoms with Crippen molar-refractivity contribution >= 4 is 28.3 Å². The summed E-state index contributed by atoms with van der Waals surface area (Å²) >= 11 is 0. The maximum atomic E-state index is 12.7. The molecule has 5 aromatic rings. The van der Waals surface area contributed by atoms with Crippen molar-refractivity contribution in [3.8, 4) is 11.3 Å². The third-order valence-corrected chi connectivity index (χ3v) is 5.35. The number of fused-ring (bicyclic) bond motifs is 2. The van der Waals surface area contributed by atoms with Crippen LogP contribution in [0, 0.1) is 6.92 Å². The molecule has 0 aliphatic carbocycles. The molecule has 0 atom stereocenters. The quantitative estimate of drug-likeness (QED) is 0.474. The zero-order valence-corrected chi connectivity index (χ0v) is 17.1. The molecule has 8 heteroatoms. The van der Waals surface area contributed by atoms with E-state index in [1.54, 1.807) is 31.7 Å². The highest BCUT2D eigenvalue weighted by molar-refractivity contribution is 5.95. The van der Waals surface area contributed by atoms with Gasteiger partial charge in [-0.1, -0.05) is 12.1 Å². The molecule has 2 N–H and O–H groups in total. The number of nitrogens with one attached hydrogen (secondary N) is 2. The first kappa shape index (κ1) is 18.8. The molecular weight excluding hydrogens is 392 g/mol. The molecule has 154 valence electrons. The number of hydrogen-bond donors (Lipinski definition) is 2. The molecule has 0 fully saturated rings. The predicted octanol–water partition coefficient (Wildman–Crippen LogP) is 3.07. The Balaban J connectivity index is 1.47. The van der Waals surface area contributed by atoms with Gasteiger partial charge in [0.1, 0.15) is 17.0 Å². The van der Waals surface area contributed by atoms with Gasteiger partial charge in [0.2, 0.25) is 5.91 Å². The number of anilines is 1. The Morgan fingerprint density at radius 1 is 1.19 bits per heavy atom. The highest BCUT2D eigenvalue weighted by Gasteiger charge is 2.15. The average Bonchev–Trinajstić information content (AvgIpc) is 3.40. The van der Waals surface area contributed by atoms with Crippen LogP contribution in [0.2, 0.25) is 0 Å². The second kappa shape index (κ2) is 7.24. The lowest BCUT2D eigenvalue weighted by Gasteiger charge is -2.11. The second-order valence-corrected chi connectivity index (χ2v) is 7.49. The van der Waals surface area contributed by atoms with Crippen molar-refractivity contribution in [3.63, 3.8) is 0 Å². The first-order valence-electron chi connectivity index (χ1n) is 9.87. The van der Waals surface area contributed by atoms with Crippen LogP contribution in [-0.4, -0.2) is 29.8 Å². The van der Waals surface area contributed by atoms with Gasteiger partial charge in [0.25, 0.3) is 5.56 Å². The molecule has 31 heavy (non-hydrogen) atoms. The largest absolute Gasteiger partial charge is 0.357 e. The van der Waals surface area contributed by atoms with Gasteiger partial charge in [0.05, 0.1) is 17.8 Å². The number of rotatable bonds is 4. The van der Waals surface area contributed by atoms with E-state index in [4.69, 9.17) is 4.98 Å². The molecule has 5 heterocycles. The zero-order chi connectivity index (χ0) is 21.5. The summed E-state index contributed by atoms with van der Waals surface area (Å²) in [7, 11) is 1.71. The molecule has 0 radical (unpaired) electrons. The first-order valence-corrected chi connectivity index (χ1v) is 9.87. The van der Waals surface area contributed by atoms with E-state index >= 15 is 0 Å². The molecule has 0 saturated heterocycles. The minimum absolute atomic E-state index is 0.0982. The van der Waals surface area contributed by atoms with Crippen molar-refractivity contribution < 1.29 is 4.79 Å². The highest BCUT2D eigenvalue weighted by Crippen LogP contribution is 2.28. The van der Waals surface area contributed by atoms with Crippen molar-refractivity contribution in [2.45, 2.75) is 13.3 Å². The third-order valence-electron chi connectivity index (χ3n) is 5.35. The summed E-state index contributed by atoms with van der Waals surface area (Å²) in [6.45, 7) is 1.95. The Kier molecular flexibility index (Phi) is 4.39. The number of nitrogens with zero attached hydrogens (tertiary/aromatic N) is 4. The summed E-state index contributed by atoms with van der Waals surface area (Å²) in [5, 5.41) is 3.68. The van der Waals surface area contributed by atoms with E-state index in [1.165, 1.54) is 4.57 Å². The average molecular weight is 412 g/mol. The number of H-pyrrole nitrogens is 1. The molecule has 5 rings (SSSR count). The van der Waals surface area contributed by atoms with Gasteiger partial charge in [-0.2, -0.15) is 0 Å². The van der Waals surface area contributed by atoms with Gasteiger partial charge in [-0.3, -0.25) is 9.59 Å². The van der Waals surface area contributed by atoms with E-state index in [0.717, 1.165) is 27.9 Å². The lowest BCUT2D eigenvalue weighted by atomic mass is 10.0. The van der Waals surface area contributed by atoms with Gasteiger partial charge in [0.15, 0.2) is 0 Å². The maximum absolute atomic E-state index is 12.7. The van der Waals surface area contributed by atoms with Crippen LogP contribution in [0.1, 0.15) is 11.3 Å². The van der Waals surface area contributed by atoms with Crippen LogP contribution in [0.15, 0.2) is 66.0 Å². The molecular formula is C23H20N6O2. The lowest BCUT2D eigenvalue weighted by molar-refractivity contribution is -0.115. The normalized spacial score (nSPS) is 11.3. The van der Waals surface area contributed by atoms with Crippen molar-refractivity contribution in [1.82, 2.24) is 23.9 Å². The van der Waals surface area contributed by atoms with Gasteiger partial charge in [0, 0.05) is 42.8 Å². The number of aromatic nitrogens is 5. The standard InChI is InChI=1S/C23H20N6O2/c1-14-6-7-18(26-20(30)11-15-12-25-19-5-3-4-10-29(15)19)27-21(14)17-13-28(2)23(31)22-16(17)8-9-24-22/h3-10,12-13,24H,11H2,1-2H3,(H,26,27,30). The summed E-state index contributed by atoms with van der Waals surface area (Å²) in [4.78, 5) is 37.1. The van der Waals surface area contributed by atoms with E-state index in [-0.39, 0.29) is 17.9 Å². The highest BCUT2D eigenvalue weighted by atomic mass is 16.1. The fourth-order valence-electron chi connectivity index (χ4n) is 3.80. The Morgan fingerprint density at radius 3 is 2.94 bits per heavy atom. The summed E-state index contributed by atoms with van der Waals surface area (Å²) in [6, 6.07) is 11.3. The molecule has 0 spiro atoms. The monoisotopic (exact) mass is 412 g/mol. The summed E-state index contributed by atoms with van der Waals surface area (Å²) < 4.78 is 3.42. The summed E-state index contributed by atoms with van der Waals surface area (Å²) in [6.07, 6.45) is 7.28. The Bertz CT molecular complexity index is 1510. The van der Waals surface area contributed by atoms with Crippen LogP contribution < -0.4 is 10.9 Å². The maximum Gasteiger partial charge on any atom is 0.274 e. The molecule has 0 aromatic carbocycles. The number of carbonyl (C=O) groups is 1. The Hall–Kier alpha value is -4.20. The topological polar surface area (TPSA) is 97.1 Å². The second-order valence-electron chi connectivity index (χ2n) is 7.49. The molecule has 0 bridgehead atoms. The number of aryl methyl sites for hydroxylation is 2. The minimum atomic E-state index is -0.180. The van der Waals surface area contributed by atoms with E-state index in [9.17, 15) is 9.59 Å². The summed E-state index contributed by atoms with van der Waals surface area (Å²) in [5.74, 6) is 0.275. The lowest BCUT2D eigenvalue weighted by Crippen LogP contribution is -2.18. The van der Waals surface area contributed by atoms with Crippen molar-refractivity contribution in [1.29, 1.82) is 0 Å². The fraction of sp³-hybridized carbons (Fsp3) is 0.130. The predicted molar refractivity (Wildman–Crippen MR) is 119 cm³/mol. The van der Waals surface area contributed by atoms with E-state index in [1.807, 2.05) is 47.9 Å². The zero-order valence-electron chi connectivity index (χ0n) is 17.1. The Morgan fingerprint density at radius 2 is 2.06 bits per heavy atom. The number of carbonyl (C=O) groups excluding carboxylic acids is 1. The van der Waals surface area contributed by atoms with Crippen molar-refractivity contribution in [3.05, 3.63) is 82.8 Å². The van der Waals surface area contributed by atoms with Gasteiger partial charge in [-0.15, -0.1) is 0 Å². The molecule has 0 aliphatic rings. The number of aromatic amines is 1.